The molecule has 1 amide bonds. The predicted molar refractivity (Wildman–Crippen MR) is 88.1 cm³/mol. The topological polar surface area (TPSA) is 29.1 Å². The second-order valence-electron chi connectivity index (χ2n) is 4.80. The minimum Gasteiger partial charge on any atom is -0.322 e. The van der Waals surface area contributed by atoms with Gasteiger partial charge in [-0.2, -0.15) is 0 Å². The molecule has 1 N–H and O–H groups in total. The average Bonchev–Trinajstić information content (AvgIpc) is 2.54. The standard InChI is InChI=1S/C19H15NO/c21-19(13-10-15-6-2-1-3-7-15)20-18-12-11-16-8-4-5-9-17(16)14-18/h1-14H,(H,20,21)/b13-10+. The average molecular weight is 273 g/mol. The molecule has 0 bridgehead atoms. The number of amides is 1. The Bertz CT molecular complexity index is 791. The number of fused-ring (bicyclic) bond motifs is 1. The van der Waals surface area contributed by atoms with Crippen molar-refractivity contribution in [2.75, 3.05) is 5.32 Å². The smallest absolute Gasteiger partial charge is 0.248 e. The Labute approximate surface area is 123 Å². The van der Waals surface area contributed by atoms with Gasteiger partial charge in [0.15, 0.2) is 0 Å². The summed E-state index contributed by atoms with van der Waals surface area (Å²) in [6.45, 7) is 0. The minimum absolute atomic E-state index is 0.130. The van der Waals surface area contributed by atoms with Crippen LogP contribution < -0.4 is 5.32 Å². The van der Waals surface area contributed by atoms with E-state index in [0.717, 1.165) is 22.0 Å². The molecule has 2 heteroatoms. The minimum atomic E-state index is -0.130. The molecule has 3 aromatic rings. The fourth-order valence-corrected chi connectivity index (χ4v) is 2.19. The molecule has 0 aliphatic rings. The largest absolute Gasteiger partial charge is 0.322 e. The zero-order valence-corrected chi connectivity index (χ0v) is 11.5. The highest BCUT2D eigenvalue weighted by molar-refractivity contribution is 6.03. The molecular weight excluding hydrogens is 258 g/mol. The molecule has 0 spiro atoms. The molecule has 3 rings (SSSR count). The van der Waals surface area contributed by atoms with Gasteiger partial charge in [-0.3, -0.25) is 4.79 Å². The summed E-state index contributed by atoms with van der Waals surface area (Å²) in [7, 11) is 0. The van der Waals surface area contributed by atoms with Crippen LogP contribution in [0.4, 0.5) is 5.69 Å². The maximum absolute atomic E-state index is 11.9. The van der Waals surface area contributed by atoms with Gasteiger partial charge in [-0.25, -0.2) is 0 Å². The van der Waals surface area contributed by atoms with Crippen LogP contribution in [0, 0.1) is 0 Å². The molecule has 21 heavy (non-hydrogen) atoms. The Kier molecular flexibility index (Phi) is 3.79. The number of hydrogen-bond donors (Lipinski definition) is 1. The van der Waals surface area contributed by atoms with Crippen molar-refractivity contribution in [3.05, 3.63) is 84.4 Å². The van der Waals surface area contributed by atoms with E-state index in [1.54, 1.807) is 12.2 Å². The maximum atomic E-state index is 11.9. The van der Waals surface area contributed by atoms with Crippen molar-refractivity contribution in [1.82, 2.24) is 0 Å². The van der Waals surface area contributed by atoms with Crippen LogP contribution in [-0.4, -0.2) is 5.91 Å². The highest BCUT2D eigenvalue weighted by Crippen LogP contribution is 2.18. The van der Waals surface area contributed by atoms with Gasteiger partial charge in [0.05, 0.1) is 0 Å². The molecule has 3 aromatic carbocycles. The summed E-state index contributed by atoms with van der Waals surface area (Å²) in [4.78, 5) is 11.9. The number of anilines is 1. The lowest BCUT2D eigenvalue weighted by Crippen LogP contribution is -2.07. The molecule has 0 saturated heterocycles. The second-order valence-corrected chi connectivity index (χ2v) is 4.80. The summed E-state index contributed by atoms with van der Waals surface area (Å²) >= 11 is 0. The third-order valence-corrected chi connectivity index (χ3v) is 3.24. The first kappa shape index (κ1) is 13.1. The first-order chi connectivity index (χ1) is 10.3. The Morgan fingerprint density at radius 2 is 1.52 bits per heavy atom. The lowest BCUT2D eigenvalue weighted by atomic mass is 10.1. The van der Waals surface area contributed by atoms with Gasteiger partial charge in [0.2, 0.25) is 5.91 Å². The summed E-state index contributed by atoms with van der Waals surface area (Å²) in [5.74, 6) is -0.130. The van der Waals surface area contributed by atoms with Crippen molar-refractivity contribution >= 4 is 28.4 Å². The number of carbonyl (C=O) groups excluding carboxylic acids is 1. The van der Waals surface area contributed by atoms with Crippen LogP contribution in [0.1, 0.15) is 5.56 Å². The molecule has 0 fully saturated rings. The zero-order valence-electron chi connectivity index (χ0n) is 11.5. The molecule has 0 aromatic heterocycles. The van der Waals surface area contributed by atoms with Gasteiger partial charge >= 0.3 is 0 Å². The van der Waals surface area contributed by atoms with Gasteiger partial charge in [0, 0.05) is 11.8 Å². The Morgan fingerprint density at radius 1 is 0.810 bits per heavy atom. The SMILES string of the molecule is O=C(/C=C/c1ccccc1)Nc1ccc2ccccc2c1. The predicted octanol–water partition coefficient (Wildman–Crippen LogP) is 4.49. The van der Waals surface area contributed by atoms with Gasteiger partial charge in [0.25, 0.3) is 0 Å². The zero-order chi connectivity index (χ0) is 14.5. The van der Waals surface area contributed by atoms with Crippen LogP contribution in [0.5, 0.6) is 0 Å². The molecule has 102 valence electrons. The van der Waals surface area contributed by atoms with E-state index in [2.05, 4.69) is 11.4 Å². The van der Waals surface area contributed by atoms with Gasteiger partial charge in [-0.15, -0.1) is 0 Å². The number of carbonyl (C=O) groups is 1. The molecule has 0 saturated carbocycles. The lowest BCUT2D eigenvalue weighted by Gasteiger charge is -2.04. The van der Waals surface area contributed by atoms with Gasteiger partial charge < -0.3 is 5.32 Å². The Hall–Kier alpha value is -2.87. The molecule has 0 aliphatic carbocycles. The van der Waals surface area contributed by atoms with Crippen molar-refractivity contribution < 1.29 is 4.79 Å². The molecule has 0 aliphatic heterocycles. The molecule has 0 atom stereocenters. The second kappa shape index (κ2) is 6.06. The van der Waals surface area contributed by atoms with Gasteiger partial charge in [0.1, 0.15) is 0 Å². The Balaban J connectivity index is 1.73. The van der Waals surface area contributed by atoms with Gasteiger partial charge in [-0.05, 0) is 34.5 Å². The third kappa shape index (κ3) is 3.37. The van der Waals surface area contributed by atoms with E-state index in [9.17, 15) is 4.79 Å². The van der Waals surface area contributed by atoms with Crippen molar-refractivity contribution in [1.29, 1.82) is 0 Å². The van der Waals surface area contributed by atoms with E-state index >= 15 is 0 Å². The molecule has 2 nitrogen and oxygen atoms in total. The number of benzene rings is 3. The lowest BCUT2D eigenvalue weighted by molar-refractivity contribution is -0.111. The summed E-state index contributed by atoms with van der Waals surface area (Å²) in [5.41, 5.74) is 1.81. The van der Waals surface area contributed by atoms with Crippen LogP contribution >= 0.6 is 0 Å². The van der Waals surface area contributed by atoms with Crippen molar-refractivity contribution in [3.8, 4) is 0 Å². The van der Waals surface area contributed by atoms with Crippen LogP contribution in [-0.2, 0) is 4.79 Å². The van der Waals surface area contributed by atoms with E-state index in [1.165, 1.54) is 0 Å². The quantitative estimate of drug-likeness (QED) is 0.700. The number of nitrogens with one attached hydrogen (secondary N) is 1. The van der Waals surface area contributed by atoms with E-state index in [-0.39, 0.29) is 5.91 Å². The fraction of sp³-hybridized carbons (Fsp3) is 0. The van der Waals surface area contributed by atoms with Crippen LogP contribution in [0.25, 0.3) is 16.8 Å². The van der Waals surface area contributed by atoms with Crippen LogP contribution in [0.15, 0.2) is 78.9 Å². The van der Waals surface area contributed by atoms with E-state index < -0.39 is 0 Å². The van der Waals surface area contributed by atoms with Crippen molar-refractivity contribution in [3.63, 3.8) is 0 Å². The van der Waals surface area contributed by atoms with Crippen LogP contribution in [0.3, 0.4) is 0 Å². The van der Waals surface area contributed by atoms with Crippen molar-refractivity contribution in [2.24, 2.45) is 0 Å². The molecule has 0 unspecified atom stereocenters. The summed E-state index contributed by atoms with van der Waals surface area (Å²) < 4.78 is 0. The monoisotopic (exact) mass is 273 g/mol. The highest BCUT2D eigenvalue weighted by Gasteiger charge is 1.99. The number of hydrogen-bond acceptors (Lipinski definition) is 1. The van der Waals surface area contributed by atoms with E-state index in [1.807, 2.05) is 66.7 Å². The Morgan fingerprint density at radius 3 is 2.33 bits per heavy atom. The third-order valence-electron chi connectivity index (χ3n) is 3.24. The normalized spacial score (nSPS) is 10.9. The highest BCUT2D eigenvalue weighted by atomic mass is 16.1. The first-order valence-electron chi connectivity index (χ1n) is 6.84. The molecule has 0 heterocycles. The maximum Gasteiger partial charge on any atom is 0.248 e. The summed E-state index contributed by atoms with van der Waals surface area (Å²) in [5, 5.41) is 5.15. The molecule has 0 radical (unpaired) electrons. The number of rotatable bonds is 3. The van der Waals surface area contributed by atoms with E-state index in [4.69, 9.17) is 0 Å². The van der Waals surface area contributed by atoms with Crippen LogP contribution in [0.2, 0.25) is 0 Å². The summed E-state index contributed by atoms with van der Waals surface area (Å²) in [6, 6.07) is 23.7. The fourth-order valence-electron chi connectivity index (χ4n) is 2.19. The first-order valence-corrected chi connectivity index (χ1v) is 6.84. The molecular formula is C19H15NO. The van der Waals surface area contributed by atoms with Gasteiger partial charge in [-0.1, -0.05) is 60.7 Å². The van der Waals surface area contributed by atoms with E-state index in [0.29, 0.717) is 0 Å². The van der Waals surface area contributed by atoms with Crippen molar-refractivity contribution in [2.45, 2.75) is 0 Å². The summed E-state index contributed by atoms with van der Waals surface area (Å²) in [6.07, 6.45) is 3.35.